The zero-order valence-corrected chi connectivity index (χ0v) is 11.4. The van der Waals surface area contributed by atoms with Gasteiger partial charge in [-0.1, -0.05) is 0 Å². The van der Waals surface area contributed by atoms with Crippen molar-refractivity contribution in [3.63, 3.8) is 0 Å². The van der Waals surface area contributed by atoms with Crippen LogP contribution in [0.25, 0.3) is 0 Å². The van der Waals surface area contributed by atoms with Crippen LogP contribution in [0.1, 0.15) is 0 Å². The van der Waals surface area contributed by atoms with E-state index in [4.69, 9.17) is 38.3 Å². The molecule has 0 atom stereocenters. The Kier molecular flexibility index (Phi) is 10.6. The Labute approximate surface area is 98.2 Å². The van der Waals surface area contributed by atoms with Crippen LogP contribution in [0.3, 0.4) is 0 Å². The van der Waals surface area contributed by atoms with Crippen LogP contribution in [0, 0.1) is 0 Å². The van der Waals surface area contributed by atoms with Crippen molar-refractivity contribution in [1.82, 2.24) is 0 Å². The summed E-state index contributed by atoms with van der Waals surface area (Å²) in [7, 11) is 20.1. The van der Waals surface area contributed by atoms with E-state index in [9.17, 15) is 0 Å². The molecule has 0 unspecified atom stereocenters. The molecule has 0 spiro atoms. The standard InChI is InChI=1S/4ClH.Ir.K/h4*1H;;/q;;;;+4;/p-4. The van der Waals surface area contributed by atoms with Gasteiger partial charge < -0.3 is 0 Å². The average molecular weight is 373 g/mol. The summed E-state index contributed by atoms with van der Waals surface area (Å²) in [6, 6.07) is 0. The summed E-state index contributed by atoms with van der Waals surface area (Å²) >= 11 is -3.11. The maximum atomic E-state index is 5.01. The monoisotopic (exact) mass is 372 g/mol. The molecule has 0 saturated carbocycles. The molecule has 0 heterocycles. The minimum Gasteiger partial charge on any atom is 0 e. The molecule has 6 heteroatoms. The maximum absolute atomic E-state index is 5.01. The van der Waals surface area contributed by atoms with Gasteiger partial charge in [0.15, 0.2) is 0 Å². The van der Waals surface area contributed by atoms with Crippen molar-refractivity contribution >= 4 is 89.7 Å². The van der Waals surface area contributed by atoms with Gasteiger partial charge in [0.05, 0.1) is 0 Å². The molecule has 0 rings (SSSR count). The van der Waals surface area contributed by atoms with E-state index in [1.165, 1.54) is 0 Å². The Morgan fingerprint density at radius 1 is 0.833 bits per heavy atom. The molecule has 1 radical (unpaired) electrons. The van der Waals surface area contributed by atoms with Crippen LogP contribution >= 0.6 is 38.3 Å². The van der Waals surface area contributed by atoms with E-state index in [2.05, 4.69) is 0 Å². The predicted octanol–water partition coefficient (Wildman–Crippen LogP) is 2.37. The molecule has 0 fully saturated rings. The molecule has 0 aliphatic heterocycles. The zero-order chi connectivity index (χ0) is 4.50. The fraction of sp³-hybridized carbons (Fsp3) is 0. The molecular formula is Cl4IrK. The fourth-order valence-corrected chi connectivity index (χ4v) is 0. The van der Waals surface area contributed by atoms with Crippen LogP contribution in [0.2, 0.25) is 0 Å². The number of halogens is 4. The zero-order valence-electron chi connectivity index (χ0n) is 2.85. The molecule has 0 nitrogen and oxygen atoms in total. The van der Waals surface area contributed by atoms with Gasteiger partial charge in [-0.15, -0.1) is 0 Å². The summed E-state index contributed by atoms with van der Waals surface area (Å²) in [5.41, 5.74) is 0. The second-order valence-electron chi connectivity index (χ2n) is 0.286. The first-order chi connectivity index (χ1) is 2.00. The predicted molar refractivity (Wildman–Crippen MR) is 29.2 cm³/mol. The Hall–Kier alpha value is 3.45. The fourth-order valence-electron chi connectivity index (χ4n) is 0. The van der Waals surface area contributed by atoms with Crippen LogP contribution in [0.4, 0.5) is 0 Å². The molecule has 0 aliphatic rings. The topological polar surface area (TPSA) is 0 Å². The summed E-state index contributed by atoms with van der Waals surface area (Å²) < 4.78 is 0. The first-order valence-corrected chi connectivity index (χ1v) is 12.4. The van der Waals surface area contributed by atoms with E-state index in [0.29, 0.717) is 0 Å². The van der Waals surface area contributed by atoms with E-state index >= 15 is 0 Å². The summed E-state index contributed by atoms with van der Waals surface area (Å²) in [5, 5.41) is 0. The first kappa shape index (κ1) is 12.2. The van der Waals surface area contributed by atoms with Gasteiger partial charge in [0.2, 0.25) is 0 Å². The molecule has 0 aromatic carbocycles. The van der Waals surface area contributed by atoms with Crippen molar-refractivity contribution in [3.8, 4) is 0 Å². The largest absolute Gasteiger partial charge is 0 e. The van der Waals surface area contributed by atoms with Gasteiger partial charge in [-0.25, -0.2) is 0 Å². The van der Waals surface area contributed by atoms with Crippen molar-refractivity contribution in [1.29, 1.82) is 0 Å². The molecule has 0 N–H and O–H groups in total. The molecule has 0 bridgehead atoms. The van der Waals surface area contributed by atoms with Crippen molar-refractivity contribution < 1.29 is 11.2 Å². The molecule has 6 heavy (non-hydrogen) atoms. The van der Waals surface area contributed by atoms with E-state index in [1.54, 1.807) is 0 Å². The number of rotatable bonds is 0. The summed E-state index contributed by atoms with van der Waals surface area (Å²) in [5.74, 6) is 0. The molecule has 38 valence electrons. The normalized spacial score (nSPS) is 12.7. The maximum Gasteiger partial charge on any atom is 0 e. The van der Waals surface area contributed by atoms with Crippen LogP contribution < -0.4 is 0 Å². The number of hydrogen-bond donors (Lipinski definition) is 0. The van der Waals surface area contributed by atoms with Gasteiger partial charge in [0, 0.05) is 51.4 Å². The average Bonchev–Trinajstić information content (AvgIpc) is 0.722. The van der Waals surface area contributed by atoms with Gasteiger partial charge in [-0.3, -0.25) is 0 Å². The minimum atomic E-state index is -3.11. The molecule has 0 saturated heterocycles. The molecule has 0 aromatic heterocycles. The molecule has 0 amide bonds. The van der Waals surface area contributed by atoms with Crippen LogP contribution in [0.15, 0.2) is 0 Å². The van der Waals surface area contributed by atoms with E-state index in [-0.39, 0.29) is 51.4 Å². The van der Waals surface area contributed by atoms with Gasteiger partial charge in [-0.2, -0.15) is 0 Å². The van der Waals surface area contributed by atoms with Crippen molar-refractivity contribution in [2.45, 2.75) is 0 Å². The van der Waals surface area contributed by atoms with Gasteiger partial charge in [0.1, 0.15) is 0 Å². The molecular weight excluding hydrogens is 373 g/mol. The van der Waals surface area contributed by atoms with Crippen molar-refractivity contribution in [2.75, 3.05) is 0 Å². The Balaban J connectivity index is 0. The minimum absolute atomic E-state index is 0. The number of hydrogen-bond acceptors (Lipinski definition) is 0. The Bertz CT molecular complexity index is 23.0. The van der Waals surface area contributed by atoms with Gasteiger partial charge >= 0.3 is 49.6 Å². The summed E-state index contributed by atoms with van der Waals surface area (Å²) in [6.45, 7) is 0. The van der Waals surface area contributed by atoms with E-state index in [0.717, 1.165) is 0 Å². The first-order valence-electron chi connectivity index (χ1n) is 0.504. The molecule has 0 aromatic rings. The third kappa shape index (κ3) is 26.1. The van der Waals surface area contributed by atoms with Gasteiger partial charge in [0.25, 0.3) is 0 Å². The smallest absolute Gasteiger partial charge is 0 e. The van der Waals surface area contributed by atoms with Crippen molar-refractivity contribution in [2.24, 2.45) is 0 Å². The van der Waals surface area contributed by atoms with Crippen LogP contribution in [-0.2, 0) is 11.2 Å². The van der Waals surface area contributed by atoms with Crippen LogP contribution in [-0.4, -0.2) is 51.4 Å². The van der Waals surface area contributed by atoms with E-state index in [1.807, 2.05) is 0 Å². The summed E-state index contributed by atoms with van der Waals surface area (Å²) in [4.78, 5) is 0. The SMILES string of the molecule is [Cl][Ir]([Cl])([Cl])[Cl].[K]. The van der Waals surface area contributed by atoms with Crippen molar-refractivity contribution in [3.05, 3.63) is 0 Å². The summed E-state index contributed by atoms with van der Waals surface area (Å²) in [6.07, 6.45) is 0. The Morgan fingerprint density at radius 2 is 0.833 bits per heavy atom. The molecule has 0 aliphatic carbocycles. The second-order valence-corrected chi connectivity index (χ2v) is 21.0. The quantitative estimate of drug-likeness (QED) is 0.572. The Morgan fingerprint density at radius 3 is 0.833 bits per heavy atom. The second kappa shape index (κ2) is 5.25. The van der Waals surface area contributed by atoms with E-state index < -0.39 is 11.2 Å². The van der Waals surface area contributed by atoms with Gasteiger partial charge in [-0.05, 0) is 0 Å². The van der Waals surface area contributed by atoms with Crippen LogP contribution in [0.5, 0.6) is 0 Å². The third-order valence-corrected chi connectivity index (χ3v) is 0. The third-order valence-electron chi connectivity index (χ3n) is 0.